The molecule has 0 spiro atoms. The van der Waals surface area contributed by atoms with Crippen molar-refractivity contribution in [1.29, 1.82) is 0 Å². The van der Waals surface area contributed by atoms with Crippen molar-refractivity contribution in [3.05, 3.63) is 125 Å². The number of urea groups is 1. The summed E-state index contributed by atoms with van der Waals surface area (Å²) in [4.78, 5) is 38.5. The number of hydrogen-bond acceptors (Lipinski definition) is 6. The molecule has 206 valence electrons. The van der Waals surface area contributed by atoms with Gasteiger partial charge in [0.1, 0.15) is 30.4 Å². The van der Waals surface area contributed by atoms with Crippen LogP contribution >= 0.6 is 0 Å². The van der Waals surface area contributed by atoms with Gasteiger partial charge in [0.2, 0.25) is 0 Å². The summed E-state index contributed by atoms with van der Waals surface area (Å²) >= 11 is 0. The van der Waals surface area contributed by atoms with Crippen molar-refractivity contribution in [2.24, 2.45) is 0 Å². The first-order valence-electron chi connectivity index (χ1n) is 12.6. The Bertz CT molecular complexity index is 1600. The Hall–Kier alpha value is -5.44. The molecule has 9 heteroatoms. The van der Waals surface area contributed by atoms with Gasteiger partial charge in [-0.05, 0) is 71.3 Å². The zero-order valence-electron chi connectivity index (χ0n) is 22.0. The van der Waals surface area contributed by atoms with Crippen molar-refractivity contribution in [2.45, 2.75) is 13.2 Å². The maximum absolute atomic E-state index is 13.3. The molecule has 4 amide bonds. The minimum absolute atomic E-state index is 0.142. The third-order valence-electron chi connectivity index (χ3n) is 6.25. The van der Waals surface area contributed by atoms with E-state index in [-0.39, 0.29) is 17.9 Å². The molecule has 0 aliphatic carbocycles. The van der Waals surface area contributed by atoms with Crippen molar-refractivity contribution in [1.82, 2.24) is 5.32 Å². The van der Waals surface area contributed by atoms with Gasteiger partial charge in [0.25, 0.3) is 11.8 Å². The highest BCUT2D eigenvalue weighted by atomic mass is 19.1. The lowest BCUT2D eigenvalue weighted by Crippen LogP contribution is -2.54. The fraction of sp³-hybridized carbons (Fsp3) is 0.0938. The summed E-state index contributed by atoms with van der Waals surface area (Å²) in [6.07, 6.45) is 1.38. The van der Waals surface area contributed by atoms with Crippen molar-refractivity contribution >= 4 is 29.6 Å². The Morgan fingerprint density at radius 3 is 2.20 bits per heavy atom. The van der Waals surface area contributed by atoms with Crippen LogP contribution in [0.2, 0.25) is 0 Å². The lowest BCUT2D eigenvalue weighted by atomic mass is 10.1. The van der Waals surface area contributed by atoms with E-state index in [9.17, 15) is 18.8 Å². The number of methoxy groups -OCH3 is 1. The number of hydrogen-bond donors (Lipinski definition) is 1. The Morgan fingerprint density at radius 1 is 0.780 bits per heavy atom. The minimum atomic E-state index is -0.903. The molecule has 0 unspecified atom stereocenters. The number of barbiturate groups is 1. The second-order valence-electron chi connectivity index (χ2n) is 9.05. The van der Waals surface area contributed by atoms with Crippen LogP contribution in [0.25, 0.3) is 6.08 Å². The Morgan fingerprint density at radius 2 is 1.49 bits per heavy atom. The van der Waals surface area contributed by atoms with Gasteiger partial charge in [-0.3, -0.25) is 14.9 Å². The van der Waals surface area contributed by atoms with Crippen molar-refractivity contribution < 1.29 is 33.0 Å². The minimum Gasteiger partial charge on any atom is -0.493 e. The summed E-state index contributed by atoms with van der Waals surface area (Å²) in [5, 5.41) is 2.14. The van der Waals surface area contributed by atoms with Crippen LogP contribution in [0.3, 0.4) is 0 Å². The highest BCUT2D eigenvalue weighted by Crippen LogP contribution is 2.30. The summed E-state index contributed by atoms with van der Waals surface area (Å²) in [5.74, 6) is -0.361. The van der Waals surface area contributed by atoms with Gasteiger partial charge in [-0.15, -0.1) is 0 Å². The highest BCUT2D eigenvalue weighted by molar-refractivity contribution is 6.39. The SMILES string of the molecule is COc1cc(COc2ccc(/C=C3\C(=O)NC(=O)N(c4ccc(F)cc4)C3=O)cc2)ccc1OCc1ccccc1. The average molecular weight is 553 g/mol. The molecule has 0 bridgehead atoms. The first-order valence-corrected chi connectivity index (χ1v) is 12.6. The van der Waals surface area contributed by atoms with Gasteiger partial charge in [0, 0.05) is 0 Å². The lowest BCUT2D eigenvalue weighted by Gasteiger charge is -2.26. The van der Waals surface area contributed by atoms with E-state index in [0.29, 0.717) is 29.4 Å². The van der Waals surface area contributed by atoms with Crippen LogP contribution in [-0.2, 0) is 22.8 Å². The van der Waals surface area contributed by atoms with Gasteiger partial charge < -0.3 is 14.2 Å². The molecular formula is C32H25FN2O6. The molecule has 8 nitrogen and oxygen atoms in total. The molecular weight excluding hydrogens is 527 g/mol. The molecule has 1 fully saturated rings. The molecule has 4 aromatic rings. The van der Waals surface area contributed by atoms with E-state index in [1.807, 2.05) is 48.5 Å². The van der Waals surface area contributed by atoms with Crippen molar-refractivity contribution in [3.8, 4) is 17.2 Å². The fourth-order valence-electron chi connectivity index (χ4n) is 4.13. The van der Waals surface area contributed by atoms with Crippen LogP contribution < -0.4 is 24.4 Å². The Kier molecular flexibility index (Phi) is 8.05. The molecule has 0 atom stereocenters. The van der Waals surface area contributed by atoms with E-state index in [0.717, 1.165) is 28.2 Å². The smallest absolute Gasteiger partial charge is 0.335 e. The van der Waals surface area contributed by atoms with E-state index in [2.05, 4.69) is 5.32 Å². The van der Waals surface area contributed by atoms with E-state index < -0.39 is 23.7 Å². The molecule has 5 rings (SSSR count). The van der Waals surface area contributed by atoms with Gasteiger partial charge in [-0.1, -0.05) is 48.5 Å². The number of carbonyl (C=O) groups excluding carboxylic acids is 3. The molecule has 41 heavy (non-hydrogen) atoms. The molecule has 0 saturated carbocycles. The normalized spacial score (nSPS) is 14.1. The van der Waals surface area contributed by atoms with Crippen LogP contribution in [0.4, 0.5) is 14.9 Å². The molecule has 0 aromatic heterocycles. The topological polar surface area (TPSA) is 94.2 Å². The zero-order chi connectivity index (χ0) is 28.8. The van der Waals surface area contributed by atoms with Gasteiger partial charge >= 0.3 is 6.03 Å². The molecule has 4 aromatic carbocycles. The van der Waals surface area contributed by atoms with Crippen molar-refractivity contribution in [3.63, 3.8) is 0 Å². The van der Waals surface area contributed by atoms with Crippen molar-refractivity contribution in [2.75, 3.05) is 12.0 Å². The standard InChI is InChI=1S/C32H25FN2O6/c1-39-29-18-23(9-16-28(29)41-19-22-5-3-2-4-6-22)20-40-26-14-7-21(8-15-26)17-27-30(36)34-32(38)35(31(27)37)25-12-10-24(33)11-13-25/h2-18H,19-20H2,1H3,(H,34,36,38)/b27-17+. The second kappa shape index (κ2) is 12.2. The van der Waals surface area contributed by atoms with E-state index in [1.54, 1.807) is 31.4 Å². The predicted molar refractivity (Wildman–Crippen MR) is 150 cm³/mol. The third kappa shape index (κ3) is 6.42. The average Bonchev–Trinajstić information content (AvgIpc) is 2.99. The number of imide groups is 2. The van der Waals surface area contributed by atoms with Crippen LogP contribution in [0.1, 0.15) is 16.7 Å². The number of rotatable bonds is 9. The lowest BCUT2D eigenvalue weighted by molar-refractivity contribution is -0.122. The summed E-state index contributed by atoms with van der Waals surface area (Å²) in [7, 11) is 1.58. The third-order valence-corrected chi connectivity index (χ3v) is 6.25. The van der Waals surface area contributed by atoms with Crippen LogP contribution in [-0.4, -0.2) is 25.0 Å². The fourth-order valence-corrected chi connectivity index (χ4v) is 4.13. The number of carbonyl (C=O) groups is 3. The molecule has 0 radical (unpaired) electrons. The van der Waals surface area contributed by atoms with E-state index >= 15 is 0 Å². The van der Waals surface area contributed by atoms with E-state index in [4.69, 9.17) is 14.2 Å². The van der Waals surface area contributed by atoms with Crippen LogP contribution in [0.5, 0.6) is 17.2 Å². The number of ether oxygens (including phenoxy) is 3. The largest absolute Gasteiger partial charge is 0.493 e. The van der Waals surface area contributed by atoms with Gasteiger partial charge in [-0.2, -0.15) is 0 Å². The summed E-state index contributed by atoms with van der Waals surface area (Å²) < 4.78 is 30.6. The number of nitrogens with one attached hydrogen (secondary N) is 1. The molecule has 1 saturated heterocycles. The monoisotopic (exact) mass is 552 g/mol. The number of benzene rings is 4. The highest BCUT2D eigenvalue weighted by Gasteiger charge is 2.36. The second-order valence-corrected chi connectivity index (χ2v) is 9.05. The maximum Gasteiger partial charge on any atom is 0.335 e. The summed E-state index contributed by atoms with van der Waals surface area (Å²) in [6, 6.07) is 26.1. The first-order chi connectivity index (χ1) is 19.9. The van der Waals surface area contributed by atoms with Crippen LogP contribution in [0.15, 0.2) is 103 Å². The van der Waals surface area contributed by atoms with Gasteiger partial charge in [-0.25, -0.2) is 14.1 Å². The first kappa shape index (κ1) is 27.1. The number of anilines is 1. The van der Waals surface area contributed by atoms with Crippen LogP contribution in [0, 0.1) is 5.82 Å². The number of nitrogens with zero attached hydrogens (tertiary/aromatic N) is 1. The molecule has 1 aliphatic rings. The quantitative estimate of drug-likeness (QED) is 0.213. The molecule has 1 N–H and O–H groups in total. The summed E-state index contributed by atoms with van der Waals surface area (Å²) in [6.45, 7) is 0.689. The van der Waals surface area contributed by atoms with Gasteiger partial charge in [0.15, 0.2) is 11.5 Å². The molecule has 1 aliphatic heterocycles. The number of halogens is 1. The van der Waals surface area contributed by atoms with E-state index in [1.165, 1.54) is 18.2 Å². The Balaban J connectivity index is 1.23. The van der Waals surface area contributed by atoms with Gasteiger partial charge in [0.05, 0.1) is 12.8 Å². The Labute approximate surface area is 235 Å². The maximum atomic E-state index is 13.3. The number of amides is 4. The summed E-state index contributed by atoms with van der Waals surface area (Å²) in [5.41, 5.74) is 2.38. The predicted octanol–water partition coefficient (Wildman–Crippen LogP) is 5.66. The molecule has 1 heterocycles. The zero-order valence-corrected chi connectivity index (χ0v) is 22.0.